The average molecular weight is 440 g/mol. The number of amides is 3. The number of carbonyl (C=O) groups excluding carboxylic acids is 3. The minimum Gasteiger partial charge on any atom is -0.374 e. The maximum absolute atomic E-state index is 12.2. The number of fused-ring (bicyclic) bond motifs is 1. The summed E-state index contributed by atoms with van der Waals surface area (Å²) < 4.78 is 0. The van der Waals surface area contributed by atoms with Gasteiger partial charge in [0.2, 0.25) is 17.7 Å². The molecule has 3 unspecified atom stereocenters. The van der Waals surface area contributed by atoms with Crippen LogP contribution in [-0.2, 0) is 14.4 Å². The Morgan fingerprint density at radius 3 is 2.74 bits per heavy atom. The van der Waals surface area contributed by atoms with Crippen molar-refractivity contribution >= 4 is 39.3 Å². The molecule has 27 heavy (non-hydrogen) atoms. The van der Waals surface area contributed by atoms with Crippen LogP contribution in [0.4, 0.5) is 5.69 Å². The molecule has 146 valence electrons. The van der Waals surface area contributed by atoms with Crippen molar-refractivity contribution in [2.45, 2.75) is 50.6 Å². The molecule has 9 heteroatoms. The van der Waals surface area contributed by atoms with Crippen LogP contribution in [0.25, 0.3) is 0 Å². The summed E-state index contributed by atoms with van der Waals surface area (Å²) >= 11 is 3.32. The fourth-order valence-electron chi connectivity index (χ4n) is 3.55. The van der Waals surface area contributed by atoms with Gasteiger partial charge in [0.15, 0.2) is 0 Å². The summed E-state index contributed by atoms with van der Waals surface area (Å²) in [5, 5.41) is 27.3. The van der Waals surface area contributed by atoms with E-state index < -0.39 is 24.4 Å². The predicted molar refractivity (Wildman–Crippen MR) is 101 cm³/mol. The Kier molecular flexibility index (Phi) is 6.25. The monoisotopic (exact) mass is 439 g/mol. The number of nitrogens with one attached hydrogen (secondary N) is 2. The first-order valence-electron chi connectivity index (χ1n) is 8.90. The molecule has 1 aromatic rings. The molecule has 0 aromatic heterocycles. The zero-order valence-corrected chi connectivity index (χ0v) is 16.2. The van der Waals surface area contributed by atoms with Gasteiger partial charge in [-0.1, -0.05) is 28.1 Å². The Hall–Kier alpha value is -1.81. The standard InChI is InChI=1S/C18H22BrN3O5/c19-9-2-1-6-13(23)20-11-5-3-4-10-15(11)18(27)22(17(10)26)12-7-8-14(24)21-16(12)25/h3-5,12,17-18,26-27H,1-2,6-9H2,(H,20,23)(H,21,24,25). The molecule has 3 rings (SSSR count). The van der Waals surface area contributed by atoms with Crippen molar-refractivity contribution < 1.29 is 24.6 Å². The number of halogens is 1. The number of benzene rings is 1. The number of hydrogen-bond acceptors (Lipinski definition) is 6. The van der Waals surface area contributed by atoms with Gasteiger partial charge >= 0.3 is 0 Å². The van der Waals surface area contributed by atoms with E-state index in [0.717, 1.165) is 18.2 Å². The third kappa shape index (κ3) is 4.06. The number of unbranched alkanes of at least 4 members (excludes halogenated alkanes) is 1. The van der Waals surface area contributed by atoms with Crippen molar-refractivity contribution in [3.63, 3.8) is 0 Å². The minimum absolute atomic E-state index is 0.139. The number of imide groups is 1. The summed E-state index contributed by atoms with van der Waals surface area (Å²) in [6.45, 7) is 0. The van der Waals surface area contributed by atoms with Crippen molar-refractivity contribution in [2.24, 2.45) is 0 Å². The largest absolute Gasteiger partial charge is 0.374 e. The Bertz CT molecular complexity index is 757. The predicted octanol–water partition coefficient (Wildman–Crippen LogP) is 1.29. The lowest BCUT2D eigenvalue weighted by molar-refractivity contribution is -0.154. The van der Waals surface area contributed by atoms with Crippen LogP contribution in [0, 0.1) is 0 Å². The first-order chi connectivity index (χ1) is 12.9. The van der Waals surface area contributed by atoms with Crippen LogP contribution in [0.3, 0.4) is 0 Å². The van der Waals surface area contributed by atoms with Crippen LogP contribution < -0.4 is 10.6 Å². The molecule has 1 saturated heterocycles. The first-order valence-corrected chi connectivity index (χ1v) is 10.0. The van der Waals surface area contributed by atoms with E-state index in [2.05, 4.69) is 26.6 Å². The van der Waals surface area contributed by atoms with Gasteiger partial charge in [-0.05, 0) is 25.3 Å². The SMILES string of the molecule is O=C1CCC(N2C(O)c3cccc(NC(=O)CCCCBr)c3C2O)C(=O)N1. The molecule has 0 spiro atoms. The van der Waals surface area contributed by atoms with E-state index in [0.29, 0.717) is 23.2 Å². The zero-order chi connectivity index (χ0) is 19.6. The van der Waals surface area contributed by atoms with Crippen molar-refractivity contribution in [1.82, 2.24) is 10.2 Å². The second kappa shape index (κ2) is 8.47. The molecule has 4 N–H and O–H groups in total. The number of alkyl halides is 1. The molecule has 2 aliphatic rings. The topological polar surface area (TPSA) is 119 Å². The highest BCUT2D eigenvalue weighted by molar-refractivity contribution is 9.09. The van der Waals surface area contributed by atoms with Gasteiger partial charge in [0.1, 0.15) is 12.5 Å². The molecule has 3 amide bonds. The highest BCUT2D eigenvalue weighted by Gasteiger charge is 2.45. The number of piperidine rings is 1. The Morgan fingerprint density at radius 1 is 1.26 bits per heavy atom. The molecule has 8 nitrogen and oxygen atoms in total. The summed E-state index contributed by atoms with van der Waals surface area (Å²) in [5.41, 5.74) is 1.23. The molecule has 0 saturated carbocycles. The molecular formula is C18H22BrN3O5. The average Bonchev–Trinajstić information content (AvgIpc) is 2.88. The molecule has 2 aliphatic heterocycles. The maximum atomic E-state index is 12.2. The molecule has 1 aromatic carbocycles. The van der Waals surface area contributed by atoms with Crippen LogP contribution in [0.1, 0.15) is 55.7 Å². The second-order valence-corrected chi connectivity index (χ2v) is 7.46. The number of rotatable bonds is 6. The van der Waals surface area contributed by atoms with Gasteiger partial charge in [-0.2, -0.15) is 0 Å². The Labute approximate surface area is 165 Å². The number of anilines is 1. The van der Waals surface area contributed by atoms with E-state index >= 15 is 0 Å². The third-order valence-corrected chi connectivity index (χ3v) is 5.43. The number of nitrogens with zero attached hydrogens (tertiary/aromatic N) is 1. The fraction of sp³-hybridized carbons (Fsp3) is 0.500. The van der Waals surface area contributed by atoms with Gasteiger partial charge < -0.3 is 15.5 Å². The maximum Gasteiger partial charge on any atom is 0.244 e. The third-order valence-electron chi connectivity index (χ3n) is 4.87. The van der Waals surface area contributed by atoms with Gasteiger partial charge in [-0.15, -0.1) is 0 Å². The van der Waals surface area contributed by atoms with Crippen LogP contribution in [0.15, 0.2) is 18.2 Å². The van der Waals surface area contributed by atoms with Crippen LogP contribution in [0.2, 0.25) is 0 Å². The van der Waals surface area contributed by atoms with E-state index in [9.17, 15) is 24.6 Å². The van der Waals surface area contributed by atoms with Gasteiger partial charge in [0.25, 0.3) is 0 Å². The van der Waals surface area contributed by atoms with E-state index in [1.54, 1.807) is 18.2 Å². The lowest BCUT2D eigenvalue weighted by Crippen LogP contribution is -2.52. The molecule has 2 heterocycles. The van der Waals surface area contributed by atoms with Crippen LogP contribution in [-0.4, -0.2) is 44.2 Å². The highest BCUT2D eigenvalue weighted by atomic mass is 79.9. The van der Waals surface area contributed by atoms with Crippen molar-refractivity contribution in [3.8, 4) is 0 Å². The second-order valence-electron chi connectivity index (χ2n) is 6.66. The lowest BCUT2D eigenvalue weighted by atomic mass is 10.0. The Balaban J connectivity index is 1.80. The summed E-state index contributed by atoms with van der Waals surface area (Å²) in [7, 11) is 0. The highest BCUT2D eigenvalue weighted by Crippen LogP contribution is 2.45. The summed E-state index contributed by atoms with van der Waals surface area (Å²) in [5.74, 6) is -1.09. The number of carbonyl (C=O) groups is 3. The summed E-state index contributed by atoms with van der Waals surface area (Å²) in [4.78, 5) is 37.0. The minimum atomic E-state index is -1.27. The van der Waals surface area contributed by atoms with Gasteiger partial charge in [0, 0.05) is 35.0 Å². The molecule has 3 atom stereocenters. The van der Waals surface area contributed by atoms with Crippen molar-refractivity contribution in [3.05, 3.63) is 29.3 Å². The fourth-order valence-corrected chi connectivity index (χ4v) is 3.95. The quantitative estimate of drug-likeness (QED) is 0.301. The molecule has 0 bridgehead atoms. The van der Waals surface area contributed by atoms with Crippen LogP contribution in [0.5, 0.6) is 0 Å². The zero-order valence-electron chi connectivity index (χ0n) is 14.7. The first kappa shape index (κ1) is 19.9. The van der Waals surface area contributed by atoms with E-state index in [1.165, 1.54) is 4.90 Å². The number of aliphatic hydroxyl groups is 2. The normalized spacial score (nSPS) is 25.2. The van der Waals surface area contributed by atoms with Crippen molar-refractivity contribution in [1.29, 1.82) is 0 Å². The number of aliphatic hydroxyl groups excluding tert-OH is 2. The Morgan fingerprint density at radius 2 is 2.04 bits per heavy atom. The van der Waals surface area contributed by atoms with Gasteiger partial charge in [0.05, 0.1) is 6.04 Å². The lowest BCUT2D eigenvalue weighted by Gasteiger charge is -2.34. The van der Waals surface area contributed by atoms with E-state index in [1.807, 2.05) is 0 Å². The molecule has 1 fully saturated rings. The van der Waals surface area contributed by atoms with Crippen molar-refractivity contribution in [2.75, 3.05) is 10.6 Å². The number of hydrogen-bond donors (Lipinski definition) is 4. The molecular weight excluding hydrogens is 418 g/mol. The summed E-state index contributed by atoms with van der Waals surface area (Å²) in [6.07, 6.45) is -0.154. The molecule has 0 radical (unpaired) electrons. The van der Waals surface area contributed by atoms with Gasteiger partial charge in [-0.3, -0.25) is 19.7 Å². The molecule has 0 aliphatic carbocycles. The van der Waals surface area contributed by atoms with E-state index in [-0.39, 0.29) is 24.7 Å². The van der Waals surface area contributed by atoms with Gasteiger partial charge in [-0.25, -0.2) is 4.90 Å². The summed E-state index contributed by atoms with van der Waals surface area (Å²) in [6, 6.07) is 4.15. The van der Waals surface area contributed by atoms with Crippen LogP contribution >= 0.6 is 15.9 Å². The van der Waals surface area contributed by atoms with E-state index in [4.69, 9.17) is 0 Å². The smallest absolute Gasteiger partial charge is 0.244 e.